The third-order valence-corrected chi connectivity index (χ3v) is 3.36. The number of esters is 1. The van der Waals surface area contributed by atoms with Crippen LogP contribution in [0, 0.1) is 0 Å². The molecule has 6 nitrogen and oxygen atoms in total. The van der Waals surface area contributed by atoms with Crippen LogP contribution in [0.5, 0.6) is 5.75 Å². The largest absolute Gasteiger partial charge is 0.472 e. The second-order valence-corrected chi connectivity index (χ2v) is 5.53. The molecule has 7 heteroatoms. The lowest BCUT2D eigenvalue weighted by atomic mass is 10.2. The number of carbonyl (C=O) groups excluding carboxylic acids is 1. The normalized spacial score (nSPS) is 10.6. The molecule has 0 unspecified atom stereocenters. The first-order valence-corrected chi connectivity index (χ1v) is 7.57. The van der Waals surface area contributed by atoms with E-state index in [0.717, 1.165) is 10.2 Å². The van der Waals surface area contributed by atoms with Gasteiger partial charge in [0.25, 0.3) is 0 Å². The van der Waals surface area contributed by atoms with E-state index < -0.39 is 0 Å². The number of rotatable bonds is 6. The molecule has 0 radical (unpaired) electrons. The lowest BCUT2D eigenvalue weighted by Crippen LogP contribution is -2.17. The maximum absolute atomic E-state index is 11.3. The molecule has 0 aliphatic heterocycles. The molecule has 0 heterocycles. The zero-order valence-corrected chi connectivity index (χ0v) is 14.4. The number of hydrogen-bond donors (Lipinski definition) is 0. The highest BCUT2D eigenvalue weighted by atomic mass is 79.9. The first-order chi connectivity index (χ1) is 11.1. The van der Waals surface area contributed by atoms with Gasteiger partial charge < -0.3 is 9.47 Å². The molecule has 0 aromatic heterocycles. The van der Waals surface area contributed by atoms with E-state index >= 15 is 0 Å². The fourth-order valence-electron chi connectivity index (χ4n) is 1.63. The second-order valence-electron chi connectivity index (χ2n) is 4.61. The summed E-state index contributed by atoms with van der Waals surface area (Å²) in [5.41, 5.74) is 1.10. The molecule has 0 N–H and O–H groups in total. The fourth-order valence-corrected chi connectivity index (χ4v) is 1.90. The molecule has 0 bridgehead atoms. The third-order valence-electron chi connectivity index (χ3n) is 2.83. The average molecular weight is 378 g/mol. The molecule has 2 rings (SSSR count). The zero-order chi connectivity index (χ0) is 16.7. The van der Waals surface area contributed by atoms with Crippen molar-refractivity contribution >= 4 is 27.6 Å². The molecule has 0 aliphatic carbocycles. The Bertz CT molecular complexity index is 672. The molecular weight excluding hydrogens is 362 g/mol. The van der Waals surface area contributed by atoms with Crippen LogP contribution in [0.3, 0.4) is 0 Å². The van der Waals surface area contributed by atoms with Crippen LogP contribution in [0.25, 0.3) is 0 Å². The number of ether oxygens (including phenoxy) is 2. The van der Waals surface area contributed by atoms with Gasteiger partial charge in [-0.3, -0.25) is 0 Å². The Labute approximate surface area is 142 Å². The standard InChI is InChI=1S/C16H16BrN3O3/c1-20(11-23-15-9-5-13(17)6-10-15)19-18-14-7-3-12(4-8-14)16(21)22-2/h3-10H,11H2,1-2H3. The summed E-state index contributed by atoms with van der Waals surface area (Å²) in [4.78, 5) is 11.3. The first kappa shape index (κ1) is 17.0. The average Bonchev–Trinajstić information content (AvgIpc) is 2.59. The van der Waals surface area contributed by atoms with Gasteiger partial charge >= 0.3 is 5.97 Å². The molecule has 0 saturated carbocycles. The highest BCUT2D eigenvalue weighted by Gasteiger charge is 2.04. The van der Waals surface area contributed by atoms with Gasteiger partial charge in [-0.2, -0.15) is 0 Å². The summed E-state index contributed by atoms with van der Waals surface area (Å²) in [6.07, 6.45) is 0. The lowest BCUT2D eigenvalue weighted by Gasteiger charge is -2.12. The Hall–Kier alpha value is -2.41. The van der Waals surface area contributed by atoms with Crippen LogP contribution in [0.4, 0.5) is 5.69 Å². The van der Waals surface area contributed by atoms with E-state index in [1.807, 2.05) is 24.3 Å². The number of nitrogens with zero attached hydrogens (tertiary/aromatic N) is 3. The molecular formula is C16H16BrN3O3. The zero-order valence-electron chi connectivity index (χ0n) is 12.8. The van der Waals surface area contributed by atoms with Crippen molar-refractivity contribution in [1.29, 1.82) is 0 Å². The van der Waals surface area contributed by atoms with Crippen LogP contribution in [-0.4, -0.2) is 31.9 Å². The molecule has 2 aromatic rings. The van der Waals surface area contributed by atoms with Crippen molar-refractivity contribution in [3.05, 3.63) is 58.6 Å². The van der Waals surface area contributed by atoms with E-state index in [4.69, 9.17) is 4.74 Å². The monoisotopic (exact) mass is 377 g/mol. The van der Waals surface area contributed by atoms with Gasteiger partial charge in [-0.15, -0.1) is 5.11 Å². The molecule has 0 spiro atoms. The second kappa shape index (κ2) is 8.28. The van der Waals surface area contributed by atoms with Crippen LogP contribution in [-0.2, 0) is 4.74 Å². The van der Waals surface area contributed by atoms with Crippen molar-refractivity contribution in [2.45, 2.75) is 0 Å². The maximum atomic E-state index is 11.3. The Morgan fingerprint density at radius 3 is 2.39 bits per heavy atom. The van der Waals surface area contributed by atoms with Gasteiger partial charge in [-0.1, -0.05) is 21.2 Å². The fraction of sp³-hybridized carbons (Fsp3) is 0.188. The molecule has 0 aliphatic rings. The molecule has 0 fully saturated rings. The SMILES string of the molecule is COC(=O)c1ccc(N=NN(C)COc2ccc(Br)cc2)cc1. The predicted molar refractivity (Wildman–Crippen MR) is 89.7 cm³/mol. The van der Waals surface area contributed by atoms with Crippen LogP contribution < -0.4 is 4.74 Å². The summed E-state index contributed by atoms with van der Waals surface area (Å²) in [6.45, 7) is 0.269. The molecule has 0 atom stereocenters. The summed E-state index contributed by atoms with van der Waals surface area (Å²) in [5, 5.41) is 9.67. The van der Waals surface area contributed by atoms with E-state index in [1.165, 1.54) is 7.11 Å². The predicted octanol–water partition coefficient (Wildman–Crippen LogP) is 4.20. The van der Waals surface area contributed by atoms with Crippen LogP contribution in [0.15, 0.2) is 63.3 Å². The molecule has 0 amide bonds. The van der Waals surface area contributed by atoms with Gasteiger partial charge in [-0.25, -0.2) is 9.80 Å². The smallest absolute Gasteiger partial charge is 0.337 e. The molecule has 120 valence electrons. The number of methoxy groups -OCH3 is 1. The minimum Gasteiger partial charge on any atom is -0.472 e. The highest BCUT2D eigenvalue weighted by molar-refractivity contribution is 9.10. The summed E-state index contributed by atoms with van der Waals surface area (Å²) in [5.74, 6) is 0.367. The molecule has 2 aromatic carbocycles. The van der Waals surface area contributed by atoms with E-state index in [9.17, 15) is 4.79 Å². The number of benzene rings is 2. The lowest BCUT2D eigenvalue weighted by molar-refractivity contribution is 0.0601. The summed E-state index contributed by atoms with van der Waals surface area (Å²) in [6, 6.07) is 14.2. The van der Waals surface area contributed by atoms with E-state index in [1.54, 1.807) is 36.3 Å². The van der Waals surface area contributed by atoms with Crippen molar-refractivity contribution in [3.8, 4) is 5.75 Å². The Morgan fingerprint density at radius 1 is 1.13 bits per heavy atom. The molecule has 23 heavy (non-hydrogen) atoms. The number of halogens is 1. The van der Waals surface area contributed by atoms with Gasteiger partial charge in [-0.05, 0) is 48.5 Å². The highest BCUT2D eigenvalue weighted by Crippen LogP contribution is 2.17. The van der Waals surface area contributed by atoms with Gasteiger partial charge in [0.05, 0.1) is 18.4 Å². The minimum absolute atomic E-state index is 0.269. The molecule has 0 saturated heterocycles. The van der Waals surface area contributed by atoms with E-state index in [-0.39, 0.29) is 12.7 Å². The van der Waals surface area contributed by atoms with Crippen LogP contribution >= 0.6 is 15.9 Å². The summed E-state index contributed by atoms with van der Waals surface area (Å²) < 4.78 is 11.2. The minimum atomic E-state index is -0.381. The van der Waals surface area contributed by atoms with Crippen molar-refractivity contribution in [2.75, 3.05) is 20.9 Å². The van der Waals surface area contributed by atoms with Crippen LogP contribution in [0.2, 0.25) is 0 Å². The van der Waals surface area contributed by atoms with Crippen molar-refractivity contribution in [2.24, 2.45) is 10.3 Å². The van der Waals surface area contributed by atoms with Gasteiger partial charge in [0, 0.05) is 11.5 Å². The van der Waals surface area contributed by atoms with Crippen molar-refractivity contribution in [3.63, 3.8) is 0 Å². The Morgan fingerprint density at radius 2 is 1.78 bits per heavy atom. The van der Waals surface area contributed by atoms with Gasteiger partial charge in [0.15, 0.2) is 6.73 Å². The topological polar surface area (TPSA) is 63.5 Å². The van der Waals surface area contributed by atoms with Gasteiger partial charge in [0.2, 0.25) is 0 Å². The first-order valence-electron chi connectivity index (χ1n) is 6.78. The Kier molecular flexibility index (Phi) is 6.10. The summed E-state index contributed by atoms with van der Waals surface area (Å²) >= 11 is 3.37. The quantitative estimate of drug-likeness (QED) is 0.327. The van der Waals surface area contributed by atoms with Crippen LogP contribution in [0.1, 0.15) is 10.4 Å². The number of hydrogen-bond acceptors (Lipinski definition) is 5. The van der Waals surface area contributed by atoms with Crippen molar-refractivity contribution < 1.29 is 14.3 Å². The van der Waals surface area contributed by atoms with E-state index in [0.29, 0.717) is 11.3 Å². The summed E-state index contributed by atoms with van der Waals surface area (Å²) in [7, 11) is 3.10. The maximum Gasteiger partial charge on any atom is 0.337 e. The number of carbonyl (C=O) groups is 1. The van der Waals surface area contributed by atoms with Crippen molar-refractivity contribution in [1.82, 2.24) is 5.01 Å². The Balaban J connectivity index is 1.86. The van der Waals surface area contributed by atoms with E-state index in [2.05, 4.69) is 31.0 Å². The van der Waals surface area contributed by atoms with Gasteiger partial charge in [0.1, 0.15) is 5.75 Å². The third kappa shape index (κ3) is 5.37.